The van der Waals surface area contributed by atoms with Gasteiger partial charge in [0.1, 0.15) is 11.3 Å². The highest BCUT2D eigenvalue weighted by molar-refractivity contribution is 5.90. The Morgan fingerprint density at radius 2 is 1.82 bits per heavy atom. The summed E-state index contributed by atoms with van der Waals surface area (Å²) in [7, 11) is 0. The first-order valence-electron chi connectivity index (χ1n) is 18.0. The van der Waals surface area contributed by atoms with Crippen LogP contribution in [-0.2, 0) is 12.8 Å². The van der Waals surface area contributed by atoms with E-state index in [9.17, 15) is 5.11 Å². The van der Waals surface area contributed by atoms with Crippen LogP contribution in [0.5, 0.6) is 5.75 Å². The van der Waals surface area contributed by atoms with E-state index in [0.717, 1.165) is 48.2 Å². The zero-order chi connectivity index (χ0) is 29.9. The molecule has 1 aliphatic carbocycles. The van der Waals surface area contributed by atoms with Crippen molar-refractivity contribution >= 4 is 17.0 Å². The standard InChI is InChI=1S/C39H54N4O/c40-22-19-31-32-15-8-10-21-39-28-42-23-11-6-4-2-1-3-5-7-14-29-26-30(34(39)20-25-42)27-43(38(29)39)24-12-9-17-35(32)41-37-33(31)16-13-18-36(37)44/h3,5,8,13,15-16,18,26,30,34,38,44H,1-2,4,6-7,9-12,14,17,19-25,27-28,40H2/b5-3?,15-8-. The molecule has 1 aromatic heterocycles. The third-order valence-corrected chi connectivity index (χ3v) is 11.8. The Hall–Kier alpha value is -2.47. The van der Waals surface area contributed by atoms with E-state index in [1.807, 2.05) is 6.07 Å². The first-order chi connectivity index (χ1) is 21.7. The summed E-state index contributed by atoms with van der Waals surface area (Å²) in [6, 6.07) is 6.40. The number of phenols is 1. The Kier molecular flexibility index (Phi) is 9.26. The lowest BCUT2D eigenvalue weighted by Gasteiger charge is -2.64. The average molecular weight is 595 g/mol. The Morgan fingerprint density at radius 3 is 2.75 bits per heavy atom. The van der Waals surface area contributed by atoms with Crippen LogP contribution in [-0.4, -0.2) is 65.2 Å². The van der Waals surface area contributed by atoms with Gasteiger partial charge < -0.3 is 15.7 Å². The molecule has 6 unspecified atom stereocenters. The van der Waals surface area contributed by atoms with E-state index in [4.69, 9.17) is 10.7 Å². The maximum absolute atomic E-state index is 10.7. The largest absolute Gasteiger partial charge is 0.506 e. The van der Waals surface area contributed by atoms with Crippen LogP contribution in [0.15, 0.2) is 48.1 Å². The van der Waals surface area contributed by atoms with E-state index >= 15 is 0 Å². The van der Waals surface area contributed by atoms with Crippen LogP contribution in [0.1, 0.15) is 93.9 Å². The third kappa shape index (κ3) is 5.81. The number of fused-ring (bicyclic) bond motifs is 3. The van der Waals surface area contributed by atoms with Gasteiger partial charge in [0.15, 0.2) is 0 Å². The lowest BCUT2D eigenvalue weighted by Crippen LogP contribution is -2.68. The highest BCUT2D eigenvalue weighted by atomic mass is 16.3. The summed E-state index contributed by atoms with van der Waals surface area (Å²) in [5.74, 6) is 1.79. The van der Waals surface area contributed by atoms with Crippen molar-refractivity contribution in [1.29, 1.82) is 0 Å². The molecule has 5 heteroatoms. The summed E-state index contributed by atoms with van der Waals surface area (Å²) >= 11 is 0. The molecule has 0 radical (unpaired) electrons. The first-order valence-corrected chi connectivity index (χ1v) is 18.0. The SMILES string of the molecule is NCCc1c2c(nc3c(O)cccc13)CCCCN1CC3C=C4CCC=CCCCCCCN5CCC3C(CC/C=C\2)(C5)C41. The van der Waals surface area contributed by atoms with Crippen LogP contribution < -0.4 is 5.73 Å². The number of phenolic OH excluding ortho intramolecular Hbond substituents is 1. The minimum atomic E-state index is 0.276. The van der Waals surface area contributed by atoms with Gasteiger partial charge in [0.05, 0.1) is 0 Å². The number of aryl methyl sites for hydroxylation is 1. The normalized spacial score (nSPS) is 33.7. The Labute approximate surface area is 265 Å². The van der Waals surface area contributed by atoms with Crippen molar-refractivity contribution in [2.45, 2.75) is 95.9 Å². The van der Waals surface area contributed by atoms with E-state index in [-0.39, 0.29) is 5.75 Å². The fraction of sp³-hybridized carbons (Fsp3) is 0.615. The number of piperidine rings is 2. The number of pyridine rings is 1. The quantitative estimate of drug-likeness (QED) is 0.354. The molecule has 2 fully saturated rings. The zero-order valence-electron chi connectivity index (χ0n) is 26.9. The van der Waals surface area contributed by atoms with Gasteiger partial charge in [-0.05, 0) is 132 Å². The Morgan fingerprint density at radius 1 is 0.932 bits per heavy atom. The van der Waals surface area contributed by atoms with E-state index in [1.165, 1.54) is 108 Å². The van der Waals surface area contributed by atoms with Crippen LogP contribution in [0.25, 0.3) is 17.0 Å². The molecule has 8 rings (SSSR count). The number of rotatable bonds is 2. The van der Waals surface area contributed by atoms with Crippen LogP contribution in [0, 0.1) is 17.3 Å². The molecule has 2 saturated heterocycles. The van der Waals surface area contributed by atoms with Gasteiger partial charge in [-0.1, -0.05) is 60.9 Å². The van der Waals surface area contributed by atoms with E-state index in [2.05, 4.69) is 46.2 Å². The maximum atomic E-state index is 10.7. The molecule has 0 amide bonds. The number of hydrogen-bond acceptors (Lipinski definition) is 5. The van der Waals surface area contributed by atoms with Crippen LogP contribution in [0.3, 0.4) is 0 Å². The molecule has 1 spiro atoms. The molecule has 6 bridgehead atoms. The molecule has 6 atom stereocenters. The first kappa shape index (κ1) is 30.2. The average Bonchev–Trinajstić information content (AvgIpc) is 3.03. The number of benzene rings is 1. The second kappa shape index (κ2) is 13.5. The second-order valence-electron chi connectivity index (χ2n) is 14.5. The van der Waals surface area contributed by atoms with Crippen molar-refractivity contribution in [3.63, 3.8) is 0 Å². The van der Waals surface area contributed by atoms with Crippen molar-refractivity contribution < 1.29 is 5.11 Å². The number of aromatic nitrogens is 1. The molecule has 0 saturated carbocycles. The molecule has 44 heavy (non-hydrogen) atoms. The van der Waals surface area contributed by atoms with Crippen molar-refractivity contribution in [2.75, 3.05) is 39.3 Å². The predicted octanol–water partition coefficient (Wildman–Crippen LogP) is 7.42. The van der Waals surface area contributed by atoms with Gasteiger partial charge in [-0.15, -0.1) is 0 Å². The topological polar surface area (TPSA) is 65.6 Å². The van der Waals surface area contributed by atoms with Gasteiger partial charge >= 0.3 is 0 Å². The third-order valence-electron chi connectivity index (χ3n) is 11.8. The van der Waals surface area contributed by atoms with E-state index < -0.39 is 0 Å². The molecule has 1 aromatic carbocycles. The predicted molar refractivity (Wildman–Crippen MR) is 183 cm³/mol. The minimum Gasteiger partial charge on any atom is -0.506 e. The van der Waals surface area contributed by atoms with Crippen LogP contribution >= 0.6 is 0 Å². The molecule has 6 heterocycles. The summed E-state index contributed by atoms with van der Waals surface area (Å²) in [6.45, 7) is 6.87. The summed E-state index contributed by atoms with van der Waals surface area (Å²) in [6.07, 6.45) is 29.5. The van der Waals surface area contributed by atoms with Crippen molar-refractivity contribution in [3.8, 4) is 5.75 Å². The van der Waals surface area contributed by atoms with Gasteiger partial charge in [-0.2, -0.15) is 0 Å². The smallest absolute Gasteiger partial charge is 0.141 e. The summed E-state index contributed by atoms with van der Waals surface area (Å²) < 4.78 is 0. The highest BCUT2D eigenvalue weighted by Crippen LogP contribution is 2.57. The number of para-hydroxylation sites is 1. The van der Waals surface area contributed by atoms with Gasteiger partial charge in [0.25, 0.3) is 0 Å². The molecular formula is C39H54N4O. The fourth-order valence-electron chi connectivity index (χ4n) is 9.99. The maximum Gasteiger partial charge on any atom is 0.141 e. The molecule has 3 N–H and O–H groups in total. The number of allylic oxidation sites excluding steroid dienone is 3. The number of nitrogens with two attached hydrogens (primary N) is 1. The lowest BCUT2D eigenvalue weighted by atomic mass is 9.52. The fourth-order valence-corrected chi connectivity index (χ4v) is 9.99. The minimum absolute atomic E-state index is 0.276. The van der Waals surface area contributed by atoms with Gasteiger partial charge in [0, 0.05) is 35.6 Å². The van der Waals surface area contributed by atoms with Crippen LogP contribution in [0.2, 0.25) is 0 Å². The molecule has 6 aliphatic rings. The van der Waals surface area contributed by atoms with E-state index in [1.54, 1.807) is 11.6 Å². The lowest BCUT2D eigenvalue weighted by molar-refractivity contribution is -0.110. The Bertz CT molecular complexity index is 1410. The zero-order valence-corrected chi connectivity index (χ0v) is 26.9. The number of aromatic hydroxyl groups is 1. The Balaban J connectivity index is 1.26. The van der Waals surface area contributed by atoms with Crippen molar-refractivity contribution in [1.82, 2.24) is 14.8 Å². The number of nitrogens with zero attached hydrogens (tertiary/aromatic N) is 3. The van der Waals surface area contributed by atoms with Gasteiger partial charge in [0.2, 0.25) is 0 Å². The van der Waals surface area contributed by atoms with Gasteiger partial charge in [-0.3, -0.25) is 4.90 Å². The molecule has 5 nitrogen and oxygen atoms in total. The summed E-state index contributed by atoms with van der Waals surface area (Å²) in [4.78, 5) is 10.9. The monoisotopic (exact) mass is 594 g/mol. The highest BCUT2D eigenvalue weighted by Gasteiger charge is 2.58. The summed E-state index contributed by atoms with van der Waals surface area (Å²) in [5.41, 5.74) is 12.6. The molecule has 236 valence electrons. The number of hydrogen-bond donors (Lipinski definition) is 2. The van der Waals surface area contributed by atoms with E-state index in [0.29, 0.717) is 23.9 Å². The summed E-state index contributed by atoms with van der Waals surface area (Å²) in [5, 5.41) is 11.8. The van der Waals surface area contributed by atoms with Crippen molar-refractivity contribution in [3.05, 3.63) is 64.9 Å². The van der Waals surface area contributed by atoms with Gasteiger partial charge in [-0.25, -0.2) is 4.98 Å². The molecule has 2 aromatic rings. The molecule has 5 aliphatic heterocycles. The second-order valence-corrected chi connectivity index (χ2v) is 14.5. The molecular weight excluding hydrogens is 540 g/mol. The van der Waals surface area contributed by atoms with Crippen LogP contribution in [0.4, 0.5) is 0 Å². The van der Waals surface area contributed by atoms with Crippen molar-refractivity contribution in [2.24, 2.45) is 23.0 Å².